The second-order valence-corrected chi connectivity index (χ2v) is 5.04. The fourth-order valence-electron chi connectivity index (χ4n) is 1.51. The minimum absolute atomic E-state index is 0.609. The summed E-state index contributed by atoms with van der Waals surface area (Å²) in [5.74, 6) is 1.24. The van der Waals surface area contributed by atoms with Gasteiger partial charge in [-0.3, -0.25) is 0 Å². The highest BCUT2D eigenvalue weighted by molar-refractivity contribution is 7.98. The molecule has 0 aliphatic heterocycles. The Kier molecular flexibility index (Phi) is 5.81. The molecule has 0 amide bonds. The van der Waals surface area contributed by atoms with E-state index >= 15 is 0 Å². The van der Waals surface area contributed by atoms with Gasteiger partial charge in [0.1, 0.15) is 0 Å². The summed E-state index contributed by atoms with van der Waals surface area (Å²) in [5.41, 5.74) is 2.72. The van der Waals surface area contributed by atoms with Crippen LogP contribution in [0.15, 0.2) is 24.3 Å². The first kappa shape index (κ1) is 12.6. The number of rotatable bonds is 6. The van der Waals surface area contributed by atoms with Crippen molar-refractivity contribution in [1.29, 1.82) is 0 Å². The zero-order valence-electron chi connectivity index (χ0n) is 9.92. The molecule has 2 heteroatoms. The van der Waals surface area contributed by atoms with E-state index in [1.165, 1.54) is 23.3 Å². The van der Waals surface area contributed by atoms with Gasteiger partial charge in [0.25, 0.3) is 0 Å². The van der Waals surface area contributed by atoms with Crippen LogP contribution < -0.4 is 5.32 Å². The second-order valence-electron chi connectivity index (χ2n) is 4.05. The molecule has 0 aliphatic carbocycles. The van der Waals surface area contributed by atoms with Gasteiger partial charge in [0.15, 0.2) is 0 Å². The molecule has 0 bridgehead atoms. The lowest BCUT2D eigenvalue weighted by Gasteiger charge is -2.13. The molecule has 0 aliphatic rings. The minimum Gasteiger partial charge on any atom is -0.310 e. The lowest BCUT2D eigenvalue weighted by molar-refractivity contribution is 0.537. The Morgan fingerprint density at radius 2 is 2.20 bits per heavy atom. The largest absolute Gasteiger partial charge is 0.310 e. The highest BCUT2D eigenvalue weighted by Crippen LogP contribution is 2.05. The molecule has 0 heterocycles. The normalized spacial score (nSPS) is 12.7. The van der Waals surface area contributed by atoms with Crippen molar-refractivity contribution < 1.29 is 0 Å². The number of benzene rings is 1. The van der Waals surface area contributed by atoms with E-state index in [4.69, 9.17) is 0 Å². The second kappa shape index (κ2) is 6.91. The Bertz CT molecular complexity index is 286. The molecule has 0 fully saturated rings. The quantitative estimate of drug-likeness (QED) is 0.794. The van der Waals surface area contributed by atoms with Gasteiger partial charge in [-0.1, -0.05) is 29.8 Å². The van der Waals surface area contributed by atoms with E-state index in [2.05, 4.69) is 49.7 Å². The Morgan fingerprint density at radius 3 is 2.87 bits per heavy atom. The molecular weight excluding hydrogens is 202 g/mol. The van der Waals surface area contributed by atoms with Gasteiger partial charge in [-0.25, -0.2) is 0 Å². The van der Waals surface area contributed by atoms with E-state index in [0.717, 1.165) is 6.54 Å². The molecule has 84 valence electrons. The van der Waals surface area contributed by atoms with Gasteiger partial charge in [-0.2, -0.15) is 11.8 Å². The molecule has 1 nitrogen and oxygen atoms in total. The van der Waals surface area contributed by atoms with Crippen molar-refractivity contribution in [3.63, 3.8) is 0 Å². The lowest BCUT2D eigenvalue weighted by Crippen LogP contribution is -2.25. The smallest absolute Gasteiger partial charge is 0.0208 e. The predicted molar refractivity (Wildman–Crippen MR) is 70.5 cm³/mol. The molecule has 1 N–H and O–H groups in total. The Hall–Kier alpha value is -0.470. The number of hydrogen-bond donors (Lipinski definition) is 1. The fourth-order valence-corrected chi connectivity index (χ4v) is 2.10. The third-order valence-corrected chi connectivity index (χ3v) is 3.14. The zero-order valence-corrected chi connectivity index (χ0v) is 10.7. The van der Waals surface area contributed by atoms with Crippen LogP contribution in [0.2, 0.25) is 0 Å². The monoisotopic (exact) mass is 223 g/mol. The first-order valence-corrected chi connectivity index (χ1v) is 6.89. The molecular formula is C13H21NS. The highest BCUT2D eigenvalue weighted by atomic mass is 32.2. The predicted octanol–water partition coefficient (Wildman–Crippen LogP) is 3.23. The molecule has 0 saturated carbocycles. The zero-order chi connectivity index (χ0) is 11.1. The van der Waals surface area contributed by atoms with Gasteiger partial charge in [-0.15, -0.1) is 0 Å². The Balaban J connectivity index is 2.30. The van der Waals surface area contributed by atoms with Gasteiger partial charge in [0.05, 0.1) is 0 Å². The summed E-state index contributed by atoms with van der Waals surface area (Å²) in [6.07, 6.45) is 3.40. The maximum Gasteiger partial charge on any atom is 0.0208 e. The molecule has 1 aromatic rings. The Labute approximate surface area is 97.7 Å². The van der Waals surface area contributed by atoms with Gasteiger partial charge in [0, 0.05) is 12.6 Å². The van der Waals surface area contributed by atoms with Crippen molar-refractivity contribution >= 4 is 11.8 Å². The molecule has 1 rings (SSSR count). The summed E-state index contributed by atoms with van der Waals surface area (Å²) in [4.78, 5) is 0. The van der Waals surface area contributed by atoms with Gasteiger partial charge in [0.2, 0.25) is 0 Å². The molecule has 0 radical (unpaired) electrons. The van der Waals surface area contributed by atoms with E-state index in [9.17, 15) is 0 Å². The van der Waals surface area contributed by atoms with Crippen LogP contribution in [0.1, 0.15) is 24.5 Å². The van der Waals surface area contributed by atoms with E-state index in [1.54, 1.807) is 0 Å². The molecule has 0 saturated heterocycles. The molecule has 0 aromatic heterocycles. The molecule has 1 aromatic carbocycles. The van der Waals surface area contributed by atoms with Crippen LogP contribution in [0.5, 0.6) is 0 Å². The first-order valence-electron chi connectivity index (χ1n) is 5.50. The van der Waals surface area contributed by atoms with Crippen LogP contribution in [-0.4, -0.2) is 18.1 Å². The number of nitrogens with one attached hydrogen (secondary N) is 1. The topological polar surface area (TPSA) is 12.0 Å². The van der Waals surface area contributed by atoms with Gasteiger partial charge >= 0.3 is 0 Å². The average molecular weight is 223 g/mol. The first-order chi connectivity index (χ1) is 7.22. The summed E-state index contributed by atoms with van der Waals surface area (Å²) in [5, 5.41) is 3.55. The van der Waals surface area contributed by atoms with Crippen LogP contribution in [0, 0.1) is 6.92 Å². The van der Waals surface area contributed by atoms with Gasteiger partial charge < -0.3 is 5.32 Å². The van der Waals surface area contributed by atoms with E-state index < -0.39 is 0 Å². The fraction of sp³-hybridized carbons (Fsp3) is 0.538. The third-order valence-electron chi connectivity index (χ3n) is 2.49. The Morgan fingerprint density at radius 1 is 1.40 bits per heavy atom. The number of hydrogen-bond acceptors (Lipinski definition) is 2. The van der Waals surface area contributed by atoms with Gasteiger partial charge in [-0.05, 0) is 37.8 Å². The van der Waals surface area contributed by atoms with Crippen LogP contribution >= 0.6 is 11.8 Å². The van der Waals surface area contributed by atoms with Crippen molar-refractivity contribution in [3.8, 4) is 0 Å². The minimum atomic E-state index is 0.609. The summed E-state index contributed by atoms with van der Waals surface area (Å²) in [6, 6.07) is 9.30. The third kappa shape index (κ3) is 5.24. The standard InChI is InChI=1S/C13H21NS/c1-11-5-4-6-13(9-11)10-14-12(2)7-8-15-3/h4-6,9,12,14H,7-8,10H2,1-3H3. The highest BCUT2D eigenvalue weighted by Gasteiger charge is 2.00. The summed E-state index contributed by atoms with van der Waals surface area (Å²) in [7, 11) is 0. The van der Waals surface area contributed by atoms with E-state index in [1.807, 2.05) is 11.8 Å². The maximum atomic E-state index is 3.55. The van der Waals surface area contributed by atoms with Crippen LogP contribution in [-0.2, 0) is 6.54 Å². The van der Waals surface area contributed by atoms with E-state index in [-0.39, 0.29) is 0 Å². The molecule has 1 unspecified atom stereocenters. The van der Waals surface area contributed by atoms with Crippen molar-refractivity contribution in [2.24, 2.45) is 0 Å². The average Bonchev–Trinajstić information content (AvgIpc) is 2.23. The number of aryl methyl sites for hydroxylation is 1. The summed E-state index contributed by atoms with van der Waals surface area (Å²) in [6.45, 7) is 5.38. The van der Waals surface area contributed by atoms with Crippen LogP contribution in [0.4, 0.5) is 0 Å². The van der Waals surface area contributed by atoms with Crippen molar-refractivity contribution in [2.45, 2.75) is 32.9 Å². The number of thioether (sulfide) groups is 1. The molecule has 0 spiro atoms. The summed E-state index contributed by atoms with van der Waals surface area (Å²) >= 11 is 1.91. The van der Waals surface area contributed by atoms with Crippen molar-refractivity contribution in [3.05, 3.63) is 35.4 Å². The van der Waals surface area contributed by atoms with Crippen LogP contribution in [0.25, 0.3) is 0 Å². The van der Waals surface area contributed by atoms with Crippen molar-refractivity contribution in [2.75, 3.05) is 12.0 Å². The maximum absolute atomic E-state index is 3.55. The molecule has 15 heavy (non-hydrogen) atoms. The SMILES string of the molecule is CSCCC(C)NCc1cccc(C)c1. The molecule has 1 atom stereocenters. The summed E-state index contributed by atoms with van der Waals surface area (Å²) < 4.78 is 0. The van der Waals surface area contributed by atoms with Crippen LogP contribution in [0.3, 0.4) is 0 Å². The van der Waals surface area contributed by atoms with Crippen molar-refractivity contribution in [1.82, 2.24) is 5.32 Å². The van der Waals surface area contributed by atoms with E-state index in [0.29, 0.717) is 6.04 Å². The lowest BCUT2D eigenvalue weighted by atomic mass is 10.1.